The van der Waals surface area contributed by atoms with Gasteiger partial charge in [-0.3, -0.25) is 4.79 Å². The molecule has 0 saturated carbocycles. The molecule has 0 aliphatic rings. The highest BCUT2D eigenvalue weighted by molar-refractivity contribution is 6.35. The number of carbonyl (C=O) groups is 3. The van der Waals surface area contributed by atoms with Crippen LogP contribution in [0.25, 0.3) is 0 Å². The molecular formula is C12H20O13. The molecular weight excluding hydrogens is 352 g/mol. The average Bonchev–Trinajstić information content (AvgIpc) is 2.60. The molecule has 25 heavy (non-hydrogen) atoms. The Morgan fingerprint density at radius 2 is 1.20 bits per heavy atom. The second kappa shape index (κ2) is 10.3. The normalized spacial score (nSPS) is 19.8. The summed E-state index contributed by atoms with van der Waals surface area (Å²) in [4.78, 5) is 34.1. The van der Waals surface area contributed by atoms with E-state index in [0.29, 0.717) is 0 Å². The molecule has 0 aromatic rings. The Morgan fingerprint density at radius 1 is 0.760 bits per heavy atom. The van der Waals surface area contributed by atoms with E-state index < -0.39 is 73.7 Å². The van der Waals surface area contributed by atoms with Crippen molar-refractivity contribution in [1.29, 1.82) is 0 Å². The van der Waals surface area contributed by atoms with Crippen LogP contribution in [-0.4, -0.2) is 120 Å². The third-order valence-corrected chi connectivity index (χ3v) is 3.09. The van der Waals surface area contributed by atoms with Gasteiger partial charge in [0.25, 0.3) is 5.78 Å². The number of ether oxygens (including phenoxy) is 1. The number of Topliss-reactive ketones (excluding diaryl/α,β-unsaturated/α-hetero) is 1. The topological polar surface area (TPSA) is 243 Å². The van der Waals surface area contributed by atoms with Crippen molar-refractivity contribution in [3.63, 3.8) is 0 Å². The lowest BCUT2D eigenvalue weighted by molar-refractivity contribution is -0.186. The molecule has 0 amide bonds. The van der Waals surface area contributed by atoms with Crippen LogP contribution in [0.3, 0.4) is 0 Å². The number of rotatable bonds is 11. The van der Waals surface area contributed by atoms with Gasteiger partial charge in [0.15, 0.2) is 6.10 Å². The highest BCUT2D eigenvalue weighted by Crippen LogP contribution is 2.11. The van der Waals surface area contributed by atoms with Gasteiger partial charge in [-0.1, -0.05) is 0 Å². The van der Waals surface area contributed by atoms with Crippen LogP contribution in [0.5, 0.6) is 0 Å². The average molecular weight is 372 g/mol. The SMILES string of the molecule is O=C(O[C@@H](C(=O)O)[C@@H](O)[C@H](O)[C@H](O)CO)C(=O)[C@@H](O)[C@H](O)[C@@H](O)CO. The molecule has 0 fully saturated rings. The minimum Gasteiger partial charge on any atom is -0.478 e. The van der Waals surface area contributed by atoms with Gasteiger partial charge in [0.2, 0.25) is 6.10 Å². The van der Waals surface area contributed by atoms with Crippen molar-refractivity contribution in [1.82, 2.24) is 0 Å². The summed E-state index contributed by atoms with van der Waals surface area (Å²) in [5.41, 5.74) is 0. The number of aliphatic hydroxyl groups is 8. The molecule has 7 atom stereocenters. The van der Waals surface area contributed by atoms with Crippen LogP contribution >= 0.6 is 0 Å². The zero-order valence-electron chi connectivity index (χ0n) is 12.6. The largest absolute Gasteiger partial charge is 0.478 e. The van der Waals surface area contributed by atoms with Crippen molar-refractivity contribution < 1.29 is 65.1 Å². The summed E-state index contributed by atoms with van der Waals surface area (Å²) in [5.74, 6) is -5.99. The van der Waals surface area contributed by atoms with Gasteiger partial charge in [0.1, 0.15) is 30.5 Å². The maximum atomic E-state index is 11.5. The molecule has 146 valence electrons. The van der Waals surface area contributed by atoms with Crippen molar-refractivity contribution in [2.45, 2.75) is 42.7 Å². The number of carbonyl (C=O) groups excluding carboxylic acids is 2. The summed E-state index contributed by atoms with van der Waals surface area (Å²) in [5, 5.41) is 81.9. The maximum absolute atomic E-state index is 11.5. The molecule has 13 heteroatoms. The molecule has 0 aliphatic carbocycles. The standard InChI is InChI=1S/C12H20O13/c13-1-3(15)5(17)7(19)9(21)12(24)25-10(11(22)23)8(20)6(18)4(16)2-14/h3-8,10,13-20H,1-2H2,(H,22,23)/t3-,4+,5+,6+,7-,8-,10+/m0/s1. The first kappa shape index (κ1) is 23.3. The fraction of sp³-hybridized carbons (Fsp3) is 0.750. The number of carboxylic acids is 1. The van der Waals surface area contributed by atoms with Crippen LogP contribution in [0, 0.1) is 0 Å². The number of ketones is 1. The van der Waals surface area contributed by atoms with Crippen LogP contribution < -0.4 is 0 Å². The lowest BCUT2D eigenvalue weighted by Gasteiger charge is -2.26. The van der Waals surface area contributed by atoms with Gasteiger partial charge in [-0.15, -0.1) is 0 Å². The van der Waals surface area contributed by atoms with E-state index in [4.69, 9.17) is 25.5 Å². The fourth-order valence-electron chi connectivity index (χ4n) is 1.55. The second-order valence-electron chi connectivity index (χ2n) is 4.94. The molecule has 13 nitrogen and oxygen atoms in total. The van der Waals surface area contributed by atoms with E-state index in [-0.39, 0.29) is 0 Å². The van der Waals surface area contributed by atoms with E-state index in [1.807, 2.05) is 0 Å². The van der Waals surface area contributed by atoms with Crippen LogP contribution in [-0.2, 0) is 19.1 Å². The van der Waals surface area contributed by atoms with Gasteiger partial charge in [-0.2, -0.15) is 0 Å². The minimum atomic E-state index is -2.57. The predicted octanol–water partition coefficient (Wildman–Crippen LogP) is -6.30. The zero-order chi connectivity index (χ0) is 19.9. The quantitative estimate of drug-likeness (QED) is 0.121. The Morgan fingerprint density at radius 3 is 1.60 bits per heavy atom. The Bertz CT molecular complexity index is 466. The van der Waals surface area contributed by atoms with Crippen LogP contribution in [0.15, 0.2) is 0 Å². The molecule has 0 aliphatic heterocycles. The lowest BCUT2D eigenvalue weighted by Crippen LogP contribution is -2.52. The van der Waals surface area contributed by atoms with Crippen LogP contribution in [0.4, 0.5) is 0 Å². The summed E-state index contributed by atoms with van der Waals surface area (Å²) >= 11 is 0. The first-order valence-electron chi connectivity index (χ1n) is 6.77. The van der Waals surface area contributed by atoms with Crippen molar-refractivity contribution in [2.24, 2.45) is 0 Å². The lowest BCUT2D eigenvalue weighted by atomic mass is 10.0. The number of hydrogen-bond donors (Lipinski definition) is 9. The van der Waals surface area contributed by atoms with E-state index in [1.165, 1.54) is 0 Å². The molecule has 0 rings (SSSR count). The summed E-state index contributed by atoms with van der Waals surface area (Å²) in [6.07, 6.45) is -16.1. The first-order chi connectivity index (χ1) is 11.5. The van der Waals surface area contributed by atoms with Crippen LogP contribution in [0.1, 0.15) is 0 Å². The van der Waals surface area contributed by atoms with Crippen molar-refractivity contribution in [3.8, 4) is 0 Å². The van der Waals surface area contributed by atoms with E-state index in [1.54, 1.807) is 0 Å². The predicted molar refractivity (Wildman–Crippen MR) is 72.7 cm³/mol. The number of esters is 1. The van der Waals surface area contributed by atoms with E-state index >= 15 is 0 Å². The van der Waals surface area contributed by atoms with Gasteiger partial charge < -0.3 is 50.7 Å². The summed E-state index contributed by atoms with van der Waals surface area (Å²) in [6.45, 7) is -2.14. The van der Waals surface area contributed by atoms with Gasteiger partial charge >= 0.3 is 11.9 Å². The van der Waals surface area contributed by atoms with E-state index in [9.17, 15) is 34.8 Å². The molecule has 0 aromatic carbocycles. The van der Waals surface area contributed by atoms with Gasteiger partial charge in [-0.25, -0.2) is 9.59 Å². The molecule has 0 heterocycles. The Kier molecular flexibility index (Phi) is 9.61. The van der Waals surface area contributed by atoms with Crippen molar-refractivity contribution >= 4 is 17.7 Å². The van der Waals surface area contributed by atoms with Gasteiger partial charge in [-0.05, 0) is 0 Å². The molecule has 0 aromatic heterocycles. The molecule has 0 saturated heterocycles. The minimum absolute atomic E-state index is 1.07. The number of aliphatic hydroxyl groups excluding tert-OH is 8. The third kappa shape index (κ3) is 6.26. The summed E-state index contributed by atoms with van der Waals surface area (Å²) < 4.78 is 4.13. The van der Waals surface area contributed by atoms with Gasteiger partial charge in [0, 0.05) is 0 Å². The van der Waals surface area contributed by atoms with Crippen molar-refractivity contribution in [2.75, 3.05) is 13.2 Å². The number of carboxylic acid groups (broad SMARTS) is 1. The summed E-state index contributed by atoms with van der Waals surface area (Å²) in [7, 11) is 0. The number of aliphatic carboxylic acids is 1. The van der Waals surface area contributed by atoms with E-state index in [0.717, 1.165) is 0 Å². The smallest absolute Gasteiger partial charge is 0.378 e. The second-order valence-corrected chi connectivity index (χ2v) is 4.94. The zero-order valence-corrected chi connectivity index (χ0v) is 12.6. The first-order valence-corrected chi connectivity index (χ1v) is 6.77. The molecule has 0 spiro atoms. The molecule has 0 unspecified atom stereocenters. The molecule has 0 bridgehead atoms. The van der Waals surface area contributed by atoms with Crippen molar-refractivity contribution in [3.05, 3.63) is 0 Å². The molecule has 9 N–H and O–H groups in total. The van der Waals surface area contributed by atoms with Gasteiger partial charge in [0.05, 0.1) is 13.2 Å². The Labute approximate surface area is 139 Å². The molecule has 0 radical (unpaired) electrons. The fourth-order valence-corrected chi connectivity index (χ4v) is 1.55. The summed E-state index contributed by atoms with van der Waals surface area (Å²) in [6, 6.07) is 0. The maximum Gasteiger partial charge on any atom is 0.378 e. The highest BCUT2D eigenvalue weighted by Gasteiger charge is 2.41. The Hall–Kier alpha value is -1.71. The highest BCUT2D eigenvalue weighted by atomic mass is 16.6. The van der Waals surface area contributed by atoms with E-state index in [2.05, 4.69) is 4.74 Å². The van der Waals surface area contributed by atoms with Crippen LogP contribution in [0.2, 0.25) is 0 Å². The Balaban J connectivity index is 5.12. The third-order valence-electron chi connectivity index (χ3n) is 3.09. The number of hydrogen-bond acceptors (Lipinski definition) is 12. The monoisotopic (exact) mass is 372 g/mol.